The maximum absolute atomic E-state index is 12.6. The van der Waals surface area contributed by atoms with Crippen molar-refractivity contribution >= 4 is 11.7 Å². The molecule has 0 saturated carbocycles. The lowest BCUT2D eigenvalue weighted by Crippen LogP contribution is -2.49. The number of ether oxygens (including phenoxy) is 1. The number of piperazine rings is 1. The zero-order chi connectivity index (χ0) is 17.1. The Morgan fingerprint density at radius 1 is 1.04 bits per heavy atom. The number of methoxy groups -OCH3 is 1. The monoisotopic (exact) mass is 326 g/mol. The highest BCUT2D eigenvalue weighted by atomic mass is 16.5. The fourth-order valence-electron chi connectivity index (χ4n) is 2.91. The molecule has 0 N–H and O–H groups in total. The van der Waals surface area contributed by atoms with E-state index in [9.17, 15) is 4.79 Å². The first-order valence-electron chi connectivity index (χ1n) is 8.07. The van der Waals surface area contributed by atoms with Crippen LogP contribution in [0.1, 0.15) is 21.9 Å². The Morgan fingerprint density at radius 2 is 1.71 bits per heavy atom. The minimum absolute atomic E-state index is 0.0624. The van der Waals surface area contributed by atoms with Gasteiger partial charge in [0.05, 0.1) is 7.11 Å². The molecule has 24 heavy (non-hydrogen) atoms. The fraction of sp³-hybridized carbons (Fsp3) is 0.389. The van der Waals surface area contributed by atoms with Crippen molar-refractivity contribution in [2.24, 2.45) is 0 Å². The van der Waals surface area contributed by atoms with Crippen LogP contribution < -0.4 is 9.64 Å². The average molecular weight is 326 g/mol. The number of benzene rings is 1. The Kier molecular flexibility index (Phi) is 4.64. The van der Waals surface area contributed by atoms with Crippen LogP contribution in [0.2, 0.25) is 0 Å². The largest absolute Gasteiger partial charge is 0.497 e. The van der Waals surface area contributed by atoms with Crippen LogP contribution in [0, 0.1) is 13.8 Å². The normalized spacial score (nSPS) is 14.6. The zero-order valence-corrected chi connectivity index (χ0v) is 14.3. The number of aryl methyl sites for hydroxylation is 2. The molecule has 0 aliphatic carbocycles. The Morgan fingerprint density at radius 3 is 2.29 bits per heavy atom. The van der Waals surface area contributed by atoms with Gasteiger partial charge in [0.1, 0.15) is 17.4 Å². The summed E-state index contributed by atoms with van der Waals surface area (Å²) in [5, 5.41) is 0. The number of aromatic nitrogens is 2. The molecule has 126 valence electrons. The molecule has 1 aliphatic rings. The van der Waals surface area contributed by atoms with Crippen LogP contribution >= 0.6 is 0 Å². The van der Waals surface area contributed by atoms with Crippen molar-refractivity contribution < 1.29 is 9.53 Å². The number of rotatable bonds is 3. The van der Waals surface area contributed by atoms with Gasteiger partial charge in [-0.1, -0.05) is 0 Å². The molecule has 1 amide bonds. The van der Waals surface area contributed by atoms with Gasteiger partial charge in [0.2, 0.25) is 0 Å². The van der Waals surface area contributed by atoms with Crippen LogP contribution in [0.3, 0.4) is 0 Å². The van der Waals surface area contributed by atoms with Crippen molar-refractivity contribution in [1.82, 2.24) is 14.9 Å². The van der Waals surface area contributed by atoms with Crippen molar-refractivity contribution in [3.05, 3.63) is 47.4 Å². The molecule has 1 saturated heterocycles. The van der Waals surface area contributed by atoms with Crippen LogP contribution in [0.4, 0.5) is 5.82 Å². The highest BCUT2D eigenvalue weighted by molar-refractivity contribution is 5.94. The summed E-state index contributed by atoms with van der Waals surface area (Å²) in [7, 11) is 1.62. The standard InChI is InChI=1S/C18H22N4O2/c1-13-12-17(20-14(2)19-13)21-8-10-22(11-9-21)18(23)15-4-6-16(24-3)7-5-15/h4-7,12H,8-11H2,1-3H3. The summed E-state index contributed by atoms with van der Waals surface area (Å²) in [6.45, 7) is 6.80. The van der Waals surface area contributed by atoms with E-state index in [-0.39, 0.29) is 5.91 Å². The molecule has 0 bridgehead atoms. The quantitative estimate of drug-likeness (QED) is 0.864. The van der Waals surface area contributed by atoms with E-state index in [1.54, 1.807) is 7.11 Å². The van der Waals surface area contributed by atoms with Gasteiger partial charge in [-0.2, -0.15) is 0 Å². The molecule has 0 unspecified atom stereocenters. The number of anilines is 1. The molecule has 2 aromatic rings. The number of hydrogen-bond acceptors (Lipinski definition) is 5. The molecule has 0 radical (unpaired) electrons. The van der Waals surface area contributed by atoms with Crippen LogP contribution in [0.25, 0.3) is 0 Å². The second-order valence-corrected chi connectivity index (χ2v) is 5.92. The molecule has 1 aromatic heterocycles. The van der Waals surface area contributed by atoms with Crippen molar-refractivity contribution in [3.8, 4) is 5.75 Å². The topological polar surface area (TPSA) is 58.6 Å². The Hall–Kier alpha value is -2.63. The molecule has 6 nitrogen and oxygen atoms in total. The van der Waals surface area contributed by atoms with Gasteiger partial charge in [0, 0.05) is 43.5 Å². The van der Waals surface area contributed by atoms with Gasteiger partial charge in [-0.05, 0) is 38.1 Å². The number of carbonyl (C=O) groups excluding carboxylic acids is 1. The Bertz CT molecular complexity index is 702. The van der Waals surface area contributed by atoms with E-state index in [1.165, 1.54) is 0 Å². The third kappa shape index (κ3) is 3.48. The smallest absolute Gasteiger partial charge is 0.253 e. The molecule has 2 heterocycles. The van der Waals surface area contributed by atoms with E-state index in [0.29, 0.717) is 18.7 Å². The van der Waals surface area contributed by atoms with Crippen molar-refractivity contribution in [1.29, 1.82) is 0 Å². The first kappa shape index (κ1) is 16.2. The van der Waals surface area contributed by atoms with Crippen LogP contribution in [-0.4, -0.2) is 54.1 Å². The SMILES string of the molecule is COc1ccc(C(=O)N2CCN(c3cc(C)nc(C)n3)CC2)cc1. The molecule has 0 spiro atoms. The maximum atomic E-state index is 12.6. The summed E-state index contributed by atoms with van der Waals surface area (Å²) in [6, 6.07) is 9.25. The minimum Gasteiger partial charge on any atom is -0.497 e. The van der Waals surface area contributed by atoms with Gasteiger partial charge < -0.3 is 14.5 Å². The van der Waals surface area contributed by atoms with Gasteiger partial charge in [-0.3, -0.25) is 4.79 Å². The summed E-state index contributed by atoms with van der Waals surface area (Å²) in [5.74, 6) is 2.54. The van der Waals surface area contributed by atoms with E-state index < -0.39 is 0 Å². The first-order valence-corrected chi connectivity index (χ1v) is 8.07. The number of nitrogens with zero attached hydrogens (tertiary/aromatic N) is 4. The van der Waals surface area contributed by atoms with E-state index in [4.69, 9.17) is 4.74 Å². The summed E-state index contributed by atoms with van der Waals surface area (Å²) in [5.41, 5.74) is 1.66. The number of amides is 1. The third-order valence-electron chi connectivity index (χ3n) is 4.18. The minimum atomic E-state index is 0.0624. The molecule has 1 aliphatic heterocycles. The predicted octanol–water partition coefficient (Wildman–Crippen LogP) is 2.06. The lowest BCUT2D eigenvalue weighted by atomic mass is 10.1. The lowest BCUT2D eigenvalue weighted by molar-refractivity contribution is 0.0746. The molecular formula is C18H22N4O2. The van der Waals surface area contributed by atoms with E-state index in [2.05, 4.69) is 14.9 Å². The molecule has 0 atom stereocenters. The fourth-order valence-corrected chi connectivity index (χ4v) is 2.91. The van der Waals surface area contributed by atoms with Crippen molar-refractivity contribution in [3.63, 3.8) is 0 Å². The van der Waals surface area contributed by atoms with E-state index >= 15 is 0 Å². The Labute approximate surface area is 142 Å². The molecule has 3 rings (SSSR count). The first-order chi connectivity index (χ1) is 11.6. The molecule has 6 heteroatoms. The summed E-state index contributed by atoms with van der Waals surface area (Å²) in [4.78, 5) is 25.5. The molecular weight excluding hydrogens is 304 g/mol. The van der Waals surface area contributed by atoms with Gasteiger partial charge in [-0.25, -0.2) is 9.97 Å². The van der Waals surface area contributed by atoms with E-state index in [1.807, 2.05) is 49.1 Å². The van der Waals surface area contributed by atoms with Gasteiger partial charge >= 0.3 is 0 Å². The third-order valence-corrected chi connectivity index (χ3v) is 4.18. The predicted molar refractivity (Wildman–Crippen MR) is 92.6 cm³/mol. The molecule has 1 fully saturated rings. The number of carbonyl (C=O) groups is 1. The second kappa shape index (κ2) is 6.86. The highest BCUT2D eigenvalue weighted by Gasteiger charge is 2.23. The van der Waals surface area contributed by atoms with E-state index in [0.717, 1.165) is 36.2 Å². The highest BCUT2D eigenvalue weighted by Crippen LogP contribution is 2.17. The summed E-state index contributed by atoms with van der Waals surface area (Å²) < 4.78 is 5.13. The van der Waals surface area contributed by atoms with Crippen LogP contribution in [0.5, 0.6) is 5.75 Å². The molecule has 1 aromatic carbocycles. The second-order valence-electron chi connectivity index (χ2n) is 5.92. The van der Waals surface area contributed by atoms with Gasteiger partial charge in [0.15, 0.2) is 0 Å². The van der Waals surface area contributed by atoms with Crippen molar-refractivity contribution in [2.45, 2.75) is 13.8 Å². The summed E-state index contributed by atoms with van der Waals surface area (Å²) in [6.07, 6.45) is 0. The van der Waals surface area contributed by atoms with Crippen LogP contribution in [0.15, 0.2) is 30.3 Å². The van der Waals surface area contributed by atoms with Crippen molar-refractivity contribution in [2.75, 3.05) is 38.2 Å². The maximum Gasteiger partial charge on any atom is 0.253 e. The lowest BCUT2D eigenvalue weighted by Gasteiger charge is -2.35. The zero-order valence-electron chi connectivity index (χ0n) is 14.3. The Balaban J connectivity index is 1.64. The number of hydrogen-bond donors (Lipinski definition) is 0. The van der Waals surface area contributed by atoms with Crippen LogP contribution in [-0.2, 0) is 0 Å². The average Bonchev–Trinajstić information content (AvgIpc) is 2.60. The van der Waals surface area contributed by atoms with Gasteiger partial charge in [0.25, 0.3) is 5.91 Å². The summed E-state index contributed by atoms with van der Waals surface area (Å²) >= 11 is 0. The van der Waals surface area contributed by atoms with Gasteiger partial charge in [-0.15, -0.1) is 0 Å².